The zero-order chi connectivity index (χ0) is 15.4. The Kier molecular flexibility index (Phi) is 5.37. The molecule has 2 aromatic rings. The first kappa shape index (κ1) is 16.0. The molecule has 1 unspecified atom stereocenters. The van der Waals surface area contributed by atoms with Gasteiger partial charge in [0.25, 0.3) is 0 Å². The molecule has 0 radical (unpaired) electrons. The molecule has 4 heteroatoms. The van der Waals surface area contributed by atoms with Crippen LogP contribution in [0.5, 0.6) is 5.75 Å². The Bertz CT molecular complexity index is 630. The molecule has 0 saturated heterocycles. The van der Waals surface area contributed by atoms with Gasteiger partial charge in [0.1, 0.15) is 0 Å². The number of halogens is 2. The Morgan fingerprint density at radius 3 is 2.67 bits per heavy atom. The molecule has 1 atom stereocenters. The van der Waals surface area contributed by atoms with Crippen molar-refractivity contribution in [2.24, 2.45) is 0 Å². The van der Waals surface area contributed by atoms with Crippen molar-refractivity contribution in [1.82, 2.24) is 5.32 Å². The number of hydrogen-bond acceptors (Lipinski definition) is 2. The fourth-order valence-corrected chi connectivity index (χ4v) is 2.86. The molecule has 0 heterocycles. The SMILES string of the molecule is CCNC(c1ccc(OC)c(F)c1)c1cccc(C)c1Br. The molecule has 0 fully saturated rings. The van der Waals surface area contributed by atoms with Crippen LogP contribution in [0.25, 0.3) is 0 Å². The predicted octanol–water partition coefficient (Wildman–Crippen LogP) is 4.60. The Morgan fingerprint density at radius 1 is 1.29 bits per heavy atom. The van der Waals surface area contributed by atoms with E-state index in [1.807, 2.05) is 38.1 Å². The molecular weight excluding hydrogens is 333 g/mol. The van der Waals surface area contributed by atoms with Gasteiger partial charge in [-0.25, -0.2) is 4.39 Å². The van der Waals surface area contributed by atoms with Crippen molar-refractivity contribution in [3.63, 3.8) is 0 Å². The maximum absolute atomic E-state index is 14.0. The molecule has 0 aliphatic carbocycles. The number of hydrogen-bond donors (Lipinski definition) is 1. The highest BCUT2D eigenvalue weighted by Gasteiger charge is 2.18. The van der Waals surface area contributed by atoms with Crippen LogP contribution in [0, 0.1) is 12.7 Å². The van der Waals surface area contributed by atoms with Crippen LogP contribution in [-0.4, -0.2) is 13.7 Å². The molecule has 0 bridgehead atoms. The second kappa shape index (κ2) is 7.05. The van der Waals surface area contributed by atoms with Gasteiger partial charge in [0.05, 0.1) is 13.2 Å². The third-order valence-corrected chi connectivity index (χ3v) is 4.53. The number of methoxy groups -OCH3 is 1. The summed E-state index contributed by atoms with van der Waals surface area (Å²) in [6.07, 6.45) is 0. The Labute approximate surface area is 133 Å². The summed E-state index contributed by atoms with van der Waals surface area (Å²) in [5.41, 5.74) is 3.13. The first-order chi connectivity index (χ1) is 10.1. The summed E-state index contributed by atoms with van der Waals surface area (Å²) in [6, 6.07) is 11.1. The first-order valence-electron chi connectivity index (χ1n) is 6.90. The predicted molar refractivity (Wildman–Crippen MR) is 87.4 cm³/mol. The van der Waals surface area contributed by atoms with Crippen molar-refractivity contribution in [1.29, 1.82) is 0 Å². The van der Waals surface area contributed by atoms with E-state index in [2.05, 4.69) is 21.2 Å². The molecule has 2 nitrogen and oxygen atoms in total. The molecule has 0 aromatic heterocycles. The van der Waals surface area contributed by atoms with Crippen LogP contribution < -0.4 is 10.1 Å². The maximum Gasteiger partial charge on any atom is 0.165 e. The normalized spacial score (nSPS) is 12.2. The largest absolute Gasteiger partial charge is 0.494 e. The summed E-state index contributed by atoms with van der Waals surface area (Å²) >= 11 is 3.64. The van der Waals surface area contributed by atoms with Gasteiger partial charge in [0, 0.05) is 4.47 Å². The van der Waals surface area contributed by atoms with Crippen molar-refractivity contribution in [3.05, 3.63) is 63.4 Å². The molecular formula is C17H19BrFNO. The van der Waals surface area contributed by atoms with Crippen LogP contribution in [0.15, 0.2) is 40.9 Å². The zero-order valence-electron chi connectivity index (χ0n) is 12.4. The van der Waals surface area contributed by atoms with Gasteiger partial charge < -0.3 is 10.1 Å². The lowest BCUT2D eigenvalue weighted by atomic mass is 9.97. The Hall–Kier alpha value is -1.39. The van der Waals surface area contributed by atoms with E-state index >= 15 is 0 Å². The molecule has 2 aromatic carbocycles. The molecule has 0 aliphatic rings. The molecule has 1 N–H and O–H groups in total. The van der Waals surface area contributed by atoms with E-state index in [0.717, 1.165) is 27.7 Å². The van der Waals surface area contributed by atoms with Crippen molar-refractivity contribution < 1.29 is 9.13 Å². The highest BCUT2D eigenvalue weighted by molar-refractivity contribution is 9.10. The smallest absolute Gasteiger partial charge is 0.165 e. The minimum atomic E-state index is -0.346. The van der Waals surface area contributed by atoms with E-state index in [-0.39, 0.29) is 17.6 Å². The van der Waals surface area contributed by atoms with Crippen molar-refractivity contribution in [3.8, 4) is 5.75 Å². The van der Waals surface area contributed by atoms with E-state index in [1.54, 1.807) is 6.07 Å². The minimum Gasteiger partial charge on any atom is -0.494 e. The van der Waals surface area contributed by atoms with E-state index in [0.29, 0.717) is 0 Å². The van der Waals surface area contributed by atoms with E-state index in [4.69, 9.17) is 4.74 Å². The number of aryl methyl sites for hydroxylation is 1. The average Bonchev–Trinajstić information content (AvgIpc) is 2.48. The Balaban J connectivity index is 2.48. The number of ether oxygens (including phenoxy) is 1. The third kappa shape index (κ3) is 3.44. The molecule has 0 saturated carbocycles. The summed E-state index contributed by atoms with van der Waals surface area (Å²) in [5, 5.41) is 3.41. The van der Waals surface area contributed by atoms with Gasteiger partial charge in [-0.05, 0) is 42.3 Å². The van der Waals surface area contributed by atoms with E-state index in [9.17, 15) is 4.39 Å². The van der Waals surface area contributed by atoms with Crippen LogP contribution >= 0.6 is 15.9 Å². The van der Waals surface area contributed by atoms with Gasteiger partial charge in [-0.3, -0.25) is 0 Å². The quantitative estimate of drug-likeness (QED) is 0.849. The van der Waals surface area contributed by atoms with Gasteiger partial charge in [-0.15, -0.1) is 0 Å². The Morgan fingerprint density at radius 2 is 2.05 bits per heavy atom. The topological polar surface area (TPSA) is 21.3 Å². The van der Waals surface area contributed by atoms with Gasteiger partial charge in [0.15, 0.2) is 11.6 Å². The summed E-state index contributed by atoms with van der Waals surface area (Å²) in [4.78, 5) is 0. The van der Waals surface area contributed by atoms with Crippen LogP contribution in [0.4, 0.5) is 4.39 Å². The molecule has 0 spiro atoms. The van der Waals surface area contributed by atoms with Gasteiger partial charge in [-0.1, -0.05) is 47.1 Å². The maximum atomic E-state index is 14.0. The molecule has 0 aliphatic heterocycles. The molecule has 21 heavy (non-hydrogen) atoms. The van der Waals surface area contributed by atoms with Crippen LogP contribution in [0.2, 0.25) is 0 Å². The molecule has 0 amide bonds. The van der Waals surface area contributed by atoms with Crippen LogP contribution in [0.1, 0.15) is 29.7 Å². The van der Waals surface area contributed by atoms with Gasteiger partial charge >= 0.3 is 0 Å². The number of nitrogens with one attached hydrogen (secondary N) is 1. The monoisotopic (exact) mass is 351 g/mol. The summed E-state index contributed by atoms with van der Waals surface area (Å²) < 4.78 is 20.0. The summed E-state index contributed by atoms with van der Waals surface area (Å²) in [7, 11) is 1.47. The van der Waals surface area contributed by atoms with Crippen LogP contribution in [0.3, 0.4) is 0 Å². The highest BCUT2D eigenvalue weighted by atomic mass is 79.9. The van der Waals surface area contributed by atoms with Crippen molar-refractivity contribution in [2.75, 3.05) is 13.7 Å². The second-order valence-corrected chi connectivity index (χ2v) is 5.66. The second-order valence-electron chi connectivity index (χ2n) is 4.86. The highest BCUT2D eigenvalue weighted by Crippen LogP contribution is 2.32. The minimum absolute atomic E-state index is 0.0651. The fraction of sp³-hybridized carbons (Fsp3) is 0.294. The summed E-state index contributed by atoms with van der Waals surface area (Å²) in [5.74, 6) is -0.0843. The third-order valence-electron chi connectivity index (χ3n) is 3.45. The lowest BCUT2D eigenvalue weighted by molar-refractivity contribution is 0.385. The van der Waals surface area contributed by atoms with Gasteiger partial charge in [-0.2, -0.15) is 0 Å². The van der Waals surface area contributed by atoms with E-state index in [1.165, 1.54) is 13.2 Å². The molecule has 112 valence electrons. The zero-order valence-corrected chi connectivity index (χ0v) is 14.0. The van der Waals surface area contributed by atoms with Gasteiger partial charge in [0.2, 0.25) is 0 Å². The van der Waals surface area contributed by atoms with Crippen molar-refractivity contribution >= 4 is 15.9 Å². The number of rotatable bonds is 5. The standard InChI is InChI=1S/C17H19BrFNO/c1-4-20-17(13-7-5-6-11(2)16(13)18)12-8-9-15(21-3)14(19)10-12/h5-10,17,20H,4H2,1-3H3. The average molecular weight is 352 g/mol. The summed E-state index contributed by atoms with van der Waals surface area (Å²) in [6.45, 7) is 4.88. The van der Waals surface area contributed by atoms with E-state index < -0.39 is 0 Å². The number of benzene rings is 2. The van der Waals surface area contributed by atoms with Crippen molar-refractivity contribution in [2.45, 2.75) is 19.9 Å². The fourth-order valence-electron chi connectivity index (χ4n) is 2.37. The first-order valence-corrected chi connectivity index (χ1v) is 7.69. The lowest BCUT2D eigenvalue weighted by Crippen LogP contribution is -2.22. The molecule has 2 rings (SSSR count). The lowest BCUT2D eigenvalue weighted by Gasteiger charge is -2.21. The van der Waals surface area contributed by atoms with Crippen LogP contribution in [-0.2, 0) is 0 Å².